The lowest BCUT2D eigenvalue weighted by Gasteiger charge is -2.05. The Balaban J connectivity index is 1.54. The van der Waals surface area contributed by atoms with Gasteiger partial charge in [-0.3, -0.25) is 0 Å². The van der Waals surface area contributed by atoms with Gasteiger partial charge >= 0.3 is 5.97 Å². The van der Waals surface area contributed by atoms with Crippen LogP contribution < -0.4 is 4.74 Å². The maximum absolute atomic E-state index is 11.3. The van der Waals surface area contributed by atoms with Gasteiger partial charge in [0.15, 0.2) is 0 Å². The SMILES string of the molecule is CCOC(=O)/C=C/c1ccc(OCCc2nc(-c3cccc(C)c3)oc2C)cc1. The topological polar surface area (TPSA) is 61.6 Å². The van der Waals surface area contributed by atoms with Crippen molar-refractivity contribution in [3.05, 3.63) is 77.2 Å². The Morgan fingerprint density at radius 2 is 1.93 bits per heavy atom. The van der Waals surface area contributed by atoms with Crippen molar-refractivity contribution >= 4 is 12.0 Å². The standard InChI is InChI=1S/C24H25NO4/c1-4-27-23(26)13-10-19-8-11-21(12-9-19)28-15-14-22-18(3)29-24(25-22)20-7-5-6-17(2)16-20/h5-13,16H,4,14-15H2,1-3H3/b13-10+. The molecule has 0 fully saturated rings. The van der Waals surface area contributed by atoms with E-state index in [0.717, 1.165) is 28.3 Å². The third-order valence-corrected chi connectivity index (χ3v) is 4.34. The summed E-state index contributed by atoms with van der Waals surface area (Å²) in [6.07, 6.45) is 3.79. The summed E-state index contributed by atoms with van der Waals surface area (Å²) in [6.45, 7) is 6.62. The van der Waals surface area contributed by atoms with Crippen LogP contribution in [0, 0.1) is 13.8 Å². The van der Waals surface area contributed by atoms with E-state index in [4.69, 9.17) is 13.9 Å². The highest BCUT2D eigenvalue weighted by atomic mass is 16.5. The van der Waals surface area contributed by atoms with Gasteiger partial charge in [0.05, 0.1) is 18.9 Å². The number of oxazole rings is 1. The van der Waals surface area contributed by atoms with Crippen molar-refractivity contribution in [2.75, 3.05) is 13.2 Å². The monoisotopic (exact) mass is 391 g/mol. The number of nitrogens with zero attached hydrogens (tertiary/aromatic N) is 1. The number of carbonyl (C=O) groups excluding carboxylic acids is 1. The quantitative estimate of drug-likeness (QED) is 0.392. The van der Waals surface area contributed by atoms with Gasteiger partial charge in [-0.2, -0.15) is 0 Å². The summed E-state index contributed by atoms with van der Waals surface area (Å²) < 4.78 is 16.5. The van der Waals surface area contributed by atoms with Gasteiger partial charge < -0.3 is 13.9 Å². The lowest BCUT2D eigenvalue weighted by molar-refractivity contribution is -0.137. The molecule has 0 spiro atoms. The Morgan fingerprint density at radius 1 is 1.14 bits per heavy atom. The number of aryl methyl sites for hydroxylation is 2. The molecule has 29 heavy (non-hydrogen) atoms. The molecule has 3 aromatic rings. The Hall–Kier alpha value is -3.34. The molecule has 0 amide bonds. The molecule has 3 rings (SSSR count). The summed E-state index contributed by atoms with van der Waals surface area (Å²) >= 11 is 0. The zero-order chi connectivity index (χ0) is 20.6. The Labute approximate surface area is 171 Å². The van der Waals surface area contributed by atoms with Crippen LogP contribution in [0.5, 0.6) is 5.75 Å². The second-order valence-electron chi connectivity index (χ2n) is 6.64. The first-order chi connectivity index (χ1) is 14.0. The molecule has 5 nitrogen and oxygen atoms in total. The van der Waals surface area contributed by atoms with Gasteiger partial charge in [-0.25, -0.2) is 9.78 Å². The maximum atomic E-state index is 11.3. The summed E-state index contributed by atoms with van der Waals surface area (Å²) in [4.78, 5) is 16.0. The molecular formula is C24H25NO4. The van der Waals surface area contributed by atoms with Crippen LogP contribution in [-0.2, 0) is 16.0 Å². The number of hydrogen-bond acceptors (Lipinski definition) is 5. The largest absolute Gasteiger partial charge is 0.493 e. The zero-order valence-electron chi connectivity index (χ0n) is 17.0. The minimum atomic E-state index is -0.346. The fourth-order valence-electron chi connectivity index (χ4n) is 2.86. The minimum absolute atomic E-state index is 0.346. The fourth-order valence-corrected chi connectivity index (χ4v) is 2.86. The maximum Gasteiger partial charge on any atom is 0.330 e. The summed E-state index contributed by atoms with van der Waals surface area (Å²) in [6, 6.07) is 15.6. The zero-order valence-corrected chi connectivity index (χ0v) is 17.0. The molecule has 150 valence electrons. The van der Waals surface area contributed by atoms with E-state index in [2.05, 4.69) is 11.1 Å². The summed E-state index contributed by atoms with van der Waals surface area (Å²) in [5, 5.41) is 0. The van der Waals surface area contributed by atoms with Crippen LogP contribution in [0.4, 0.5) is 0 Å². The first kappa shape index (κ1) is 20.4. The van der Waals surface area contributed by atoms with E-state index in [9.17, 15) is 4.79 Å². The predicted molar refractivity (Wildman–Crippen MR) is 113 cm³/mol. The van der Waals surface area contributed by atoms with Crippen LogP contribution in [0.15, 0.2) is 59.0 Å². The molecule has 5 heteroatoms. The fraction of sp³-hybridized carbons (Fsp3) is 0.250. The number of hydrogen-bond donors (Lipinski definition) is 0. The second-order valence-corrected chi connectivity index (χ2v) is 6.64. The van der Waals surface area contributed by atoms with Gasteiger partial charge in [-0.1, -0.05) is 29.8 Å². The molecule has 1 heterocycles. The number of rotatable bonds is 8. The van der Waals surface area contributed by atoms with Crippen LogP contribution in [0.25, 0.3) is 17.5 Å². The van der Waals surface area contributed by atoms with Crippen molar-refractivity contribution in [2.24, 2.45) is 0 Å². The smallest absolute Gasteiger partial charge is 0.330 e. The summed E-state index contributed by atoms with van der Waals surface area (Å²) in [5.41, 5.74) is 3.95. The van der Waals surface area contributed by atoms with Gasteiger partial charge in [0.25, 0.3) is 0 Å². The number of benzene rings is 2. The molecule has 0 bridgehead atoms. The average molecular weight is 391 g/mol. The number of carbonyl (C=O) groups is 1. The molecule has 0 saturated heterocycles. The van der Waals surface area contributed by atoms with Crippen molar-refractivity contribution < 1.29 is 18.7 Å². The highest BCUT2D eigenvalue weighted by molar-refractivity contribution is 5.87. The number of esters is 1. The van der Waals surface area contributed by atoms with Gasteiger partial charge in [-0.15, -0.1) is 0 Å². The van der Waals surface area contributed by atoms with Crippen LogP contribution in [0.2, 0.25) is 0 Å². The Bertz CT molecular complexity index is 986. The minimum Gasteiger partial charge on any atom is -0.493 e. The van der Waals surface area contributed by atoms with E-state index in [1.165, 1.54) is 11.6 Å². The van der Waals surface area contributed by atoms with Gasteiger partial charge in [0.2, 0.25) is 5.89 Å². The predicted octanol–water partition coefficient (Wildman–Crippen LogP) is 5.16. The highest BCUT2D eigenvalue weighted by Gasteiger charge is 2.11. The normalized spacial score (nSPS) is 11.0. The lowest BCUT2D eigenvalue weighted by atomic mass is 10.1. The van der Waals surface area contributed by atoms with E-state index < -0.39 is 0 Å². The first-order valence-electron chi connectivity index (χ1n) is 9.66. The van der Waals surface area contributed by atoms with Crippen molar-refractivity contribution in [1.82, 2.24) is 4.98 Å². The van der Waals surface area contributed by atoms with E-state index in [-0.39, 0.29) is 5.97 Å². The summed E-state index contributed by atoms with van der Waals surface area (Å²) in [5.74, 6) is 1.86. The molecule has 0 aliphatic rings. The van der Waals surface area contributed by atoms with Gasteiger partial charge in [0, 0.05) is 18.1 Å². The van der Waals surface area contributed by atoms with Crippen LogP contribution in [-0.4, -0.2) is 24.2 Å². The van der Waals surface area contributed by atoms with Gasteiger partial charge in [0.1, 0.15) is 11.5 Å². The summed E-state index contributed by atoms with van der Waals surface area (Å²) in [7, 11) is 0. The molecule has 0 atom stereocenters. The molecule has 0 aliphatic carbocycles. The first-order valence-corrected chi connectivity index (χ1v) is 9.66. The third kappa shape index (κ3) is 5.82. The molecule has 0 radical (unpaired) electrons. The molecule has 0 saturated carbocycles. The molecule has 0 aliphatic heterocycles. The van der Waals surface area contributed by atoms with E-state index in [0.29, 0.717) is 25.5 Å². The van der Waals surface area contributed by atoms with E-state index in [1.54, 1.807) is 13.0 Å². The van der Waals surface area contributed by atoms with E-state index >= 15 is 0 Å². The highest BCUT2D eigenvalue weighted by Crippen LogP contribution is 2.23. The average Bonchev–Trinajstić information content (AvgIpc) is 3.08. The number of ether oxygens (including phenoxy) is 2. The third-order valence-electron chi connectivity index (χ3n) is 4.34. The van der Waals surface area contributed by atoms with Crippen molar-refractivity contribution in [2.45, 2.75) is 27.2 Å². The molecular weight excluding hydrogens is 366 g/mol. The van der Waals surface area contributed by atoms with Crippen LogP contribution in [0.3, 0.4) is 0 Å². The van der Waals surface area contributed by atoms with Crippen molar-refractivity contribution in [1.29, 1.82) is 0 Å². The van der Waals surface area contributed by atoms with Crippen LogP contribution in [0.1, 0.15) is 29.5 Å². The van der Waals surface area contributed by atoms with Crippen LogP contribution >= 0.6 is 0 Å². The molecule has 0 unspecified atom stereocenters. The van der Waals surface area contributed by atoms with Crippen molar-refractivity contribution in [3.63, 3.8) is 0 Å². The molecule has 2 aromatic carbocycles. The Morgan fingerprint density at radius 3 is 2.66 bits per heavy atom. The number of aromatic nitrogens is 1. The second kappa shape index (κ2) is 9.73. The molecule has 0 N–H and O–H groups in total. The van der Waals surface area contributed by atoms with Crippen molar-refractivity contribution in [3.8, 4) is 17.2 Å². The van der Waals surface area contributed by atoms with E-state index in [1.807, 2.05) is 56.3 Å². The lowest BCUT2D eigenvalue weighted by Crippen LogP contribution is -2.02. The van der Waals surface area contributed by atoms with Gasteiger partial charge in [-0.05, 0) is 56.7 Å². The Kier molecular flexibility index (Phi) is 6.85. The molecule has 1 aromatic heterocycles.